The Labute approximate surface area is 106 Å². The van der Waals surface area contributed by atoms with Crippen molar-refractivity contribution in [1.29, 1.82) is 0 Å². The summed E-state index contributed by atoms with van der Waals surface area (Å²) in [5.41, 5.74) is -0.115. The molecule has 1 aromatic carbocycles. The zero-order valence-electron chi connectivity index (χ0n) is 10.6. The Morgan fingerprint density at radius 1 is 1.33 bits per heavy atom. The molecule has 3 N–H and O–H groups in total. The van der Waals surface area contributed by atoms with Gasteiger partial charge in [0.15, 0.2) is 0 Å². The molecule has 0 fully saturated rings. The third-order valence-corrected chi connectivity index (χ3v) is 3.10. The molecule has 1 atom stereocenters. The number of rotatable bonds is 4. The Balaban J connectivity index is 2.38. The van der Waals surface area contributed by atoms with Crippen LogP contribution in [0.2, 0.25) is 0 Å². The van der Waals surface area contributed by atoms with E-state index in [4.69, 9.17) is 0 Å². The first kappa shape index (κ1) is 12.6. The molecule has 0 saturated carbocycles. The van der Waals surface area contributed by atoms with Gasteiger partial charge in [0.05, 0.1) is 12.6 Å². The van der Waals surface area contributed by atoms with E-state index in [1.54, 1.807) is 6.07 Å². The van der Waals surface area contributed by atoms with Crippen molar-refractivity contribution in [1.82, 2.24) is 4.98 Å². The average Bonchev–Trinajstić information content (AvgIpc) is 2.35. The number of benzene rings is 1. The number of anilines is 1. The van der Waals surface area contributed by atoms with Gasteiger partial charge in [-0.3, -0.25) is 4.79 Å². The van der Waals surface area contributed by atoms with Crippen molar-refractivity contribution in [2.24, 2.45) is 5.92 Å². The van der Waals surface area contributed by atoms with E-state index in [9.17, 15) is 9.90 Å². The van der Waals surface area contributed by atoms with Crippen molar-refractivity contribution >= 4 is 16.6 Å². The number of H-pyrrole nitrogens is 1. The second-order valence-corrected chi connectivity index (χ2v) is 4.78. The third kappa shape index (κ3) is 2.54. The number of hydrogen-bond acceptors (Lipinski definition) is 3. The maximum absolute atomic E-state index is 11.9. The summed E-state index contributed by atoms with van der Waals surface area (Å²) in [6.45, 7) is 4.08. The Hall–Kier alpha value is -1.81. The lowest BCUT2D eigenvalue weighted by Crippen LogP contribution is -2.30. The van der Waals surface area contributed by atoms with E-state index in [0.717, 1.165) is 5.39 Å². The van der Waals surface area contributed by atoms with Crippen LogP contribution in [0.15, 0.2) is 35.1 Å². The largest absolute Gasteiger partial charge is 0.394 e. The van der Waals surface area contributed by atoms with Crippen molar-refractivity contribution in [2.75, 3.05) is 11.9 Å². The number of hydrogen-bond donors (Lipinski definition) is 3. The summed E-state index contributed by atoms with van der Waals surface area (Å²) in [4.78, 5) is 14.7. The number of fused-ring (bicyclic) bond motifs is 1. The van der Waals surface area contributed by atoms with Crippen LogP contribution < -0.4 is 10.9 Å². The van der Waals surface area contributed by atoms with Gasteiger partial charge in [0, 0.05) is 5.39 Å². The second-order valence-electron chi connectivity index (χ2n) is 4.78. The number of aromatic nitrogens is 1. The van der Waals surface area contributed by atoms with E-state index >= 15 is 0 Å². The van der Waals surface area contributed by atoms with Crippen LogP contribution in [-0.4, -0.2) is 22.7 Å². The van der Waals surface area contributed by atoms with Crippen LogP contribution in [-0.2, 0) is 0 Å². The van der Waals surface area contributed by atoms with Gasteiger partial charge < -0.3 is 15.4 Å². The summed E-state index contributed by atoms with van der Waals surface area (Å²) in [7, 11) is 0. The van der Waals surface area contributed by atoms with Gasteiger partial charge in [0.25, 0.3) is 5.56 Å². The highest BCUT2D eigenvalue weighted by atomic mass is 16.3. The minimum absolute atomic E-state index is 0.0342. The molecule has 1 aromatic heterocycles. The molecule has 18 heavy (non-hydrogen) atoms. The molecule has 0 saturated heterocycles. The van der Waals surface area contributed by atoms with Crippen LogP contribution in [0, 0.1) is 5.92 Å². The summed E-state index contributed by atoms with van der Waals surface area (Å²) in [5, 5.41) is 14.0. The lowest BCUT2D eigenvalue weighted by molar-refractivity contribution is 0.249. The second kappa shape index (κ2) is 5.23. The number of nitrogens with one attached hydrogen (secondary N) is 2. The molecule has 4 heteroatoms. The first-order valence-corrected chi connectivity index (χ1v) is 6.11. The first-order valence-electron chi connectivity index (χ1n) is 6.11. The van der Waals surface area contributed by atoms with E-state index in [1.807, 2.05) is 38.1 Å². The Kier molecular flexibility index (Phi) is 3.67. The molecule has 96 valence electrons. The maximum atomic E-state index is 11.9. The standard InChI is InChI=1S/C14H18N2O2/c1-9(2)12(8-17)15-13-7-10-5-3-4-6-11(10)14(18)16-13/h3-7,9,12,17H,8H2,1-2H3,(H2,15,16,18)/t12-/m1/s1. The quantitative estimate of drug-likeness (QED) is 0.772. The van der Waals surface area contributed by atoms with Crippen LogP contribution >= 0.6 is 0 Å². The topological polar surface area (TPSA) is 65.1 Å². The van der Waals surface area contributed by atoms with Gasteiger partial charge >= 0.3 is 0 Å². The fourth-order valence-corrected chi connectivity index (χ4v) is 1.91. The van der Waals surface area contributed by atoms with E-state index in [1.165, 1.54) is 0 Å². The number of aliphatic hydroxyl groups excluding tert-OH is 1. The van der Waals surface area contributed by atoms with Gasteiger partial charge in [-0.05, 0) is 23.4 Å². The van der Waals surface area contributed by atoms with E-state index in [-0.39, 0.29) is 24.1 Å². The van der Waals surface area contributed by atoms with Crippen molar-refractivity contribution < 1.29 is 5.11 Å². The lowest BCUT2D eigenvalue weighted by atomic mass is 10.1. The Bertz CT molecular complexity index is 590. The number of aliphatic hydroxyl groups is 1. The fraction of sp³-hybridized carbons (Fsp3) is 0.357. The molecule has 0 amide bonds. The van der Waals surface area contributed by atoms with Crippen LogP contribution in [0.3, 0.4) is 0 Å². The van der Waals surface area contributed by atoms with Crippen LogP contribution in [0.1, 0.15) is 13.8 Å². The predicted octanol–water partition coefficient (Wildman–Crippen LogP) is 1.96. The van der Waals surface area contributed by atoms with Gasteiger partial charge in [-0.2, -0.15) is 0 Å². The van der Waals surface area contributed by atoms with Gasteiger partial charge in [0.1, 0.15) is 5.82 Å². The van der Waals surface area contributed by atoms with Crippen LogP contribution in [0.25, 0.3) is 10.8 Å². The lowest BCUT2D eigenvalue weighted by Gasteiger charge is -2.21. The normalized spacial score (nSPS) is 12.9. The summed E-state index contributed by atoms with van der Waals surface area (Å²) >= 11 is 0. The summed E-state index contributed by atoms with van der Waals surface area (Å²) in [6, 6.07) is 9.26. The van der Waals surface area contributed by atoms with Crippen molar-refractivity contribution in [3.8, 4) is 0 Å². The van der Waals surface area contributed by atoms with E-state index in [2.05, 4.69) is 10.3 Å². The molecule has 2 rings (SSSR count). The summed E-state index contributed by atoms with van der Waals surface area (Å²) in [5.74, 6) is 0.927. The van der Waals surface area contributed by atoms with Gasteiger partial charge in [0.2, 0.25) is 0 Å². The van der Waals surface area contributed by atoms with Crippen molar-refractivity contribution in [3.05, 3.63) is 40.7 Å². The fourth-order valence-electron chi connectivity index (χ4n) is 1.91. The average molecular weight is 246 g/mol. The van der Waals surface area contributed by atoms with Crippen LogP contribution in [0.4, 0.5) is 5.82 Å². The van der Waals surface area contributed by atoms with Crippen LogP contribution in [0.5, 0.6) is 0 Å². The molecule has 0 aliphatic rings. The van der Waals surface area contributed by atoms with Crippen molar-refractivity contribution in [2.45, 2.75) is 19.9 Å². The zero-order chi connectivity index (χ0) is 13.1. The van der Waals surface area contributed by atoms with Gasteiger partial charge in [-0.25, -0.2) is 0 Å². The highest BCUT2D eigenvalue weighted by Gasteiger charge is 2.12. The SMILES string of the molecule is CC(C)[C@@H](CO)Nc1cc2ccccc2c(=O)[nH]1. The monoisotopic (exact) mass is 246 g/mol. The minimum atomic E-state index is -0.115. The van der Waals surface area contributed by atoms with Gasteiger partial charge in [-0.15, -0.1) is 0 Å². The van der Waals surface area contributed by atoms with E-state index in [0.29, 0.717) is 11.2 Å². The molecule has 0 bridgehead atoms. The number of pyridine rings is 1. The predicted molar refractivity (Wildman–Crippen MR) is 73.9 cm³/mol. The van der Waals surface area contributed by atoms with E-state index < -0.39 is 0 Å². The molecular formula is C14H18N2O2. The third-order valence-electron chi connectivity index (χ3n) is 3.10. The highest BCUT2D eigenvalue weighted by Crippen LogP contribution is 2.15. The Morgan fingerprint density at radius 3 is 2.72 bits per heavy atom. The summed E-state index contributed by atoms with van der Waals surface area (Å²) < 4.78 is 0. The molecule has 0 aliphatic heterocycles. The molecule has 0 unspecified atom stereocenters. The highest BCUT2D eigenvalue weighted by molar-refractivity contribution is 5.83. The molecule has 4 nitrogen and oxygen atoms in total. The molecule has 0 radical (unpaired) electrons. The summed E-state index contributed by atoms with van der Waals surface area (Å²) in [6.07, 6.45) is 0. The van der Waals surface area contributed by atoms with Gasteiger partial charge in [-0.1, -0.05) is 32.0 Å². The van der Waals surface area contributed by atoms with Crippen molar-refractivity contribution in [3.63, 3.8) is 0 Å². The molecular weight excluding hydrogens is 228 g/mol. The Morgan fingerprint density at radius 2 is 2.06 bits per heavy atom. The molecule has 1 heterocycles. The zero-order valence-corrected chi connectivity index (χ0v) is 10.6. The minimum Gasteiger partial charge on any atom is -0.394 e. The maximum Gasteiger partial charge on any atom is 0.257 e. The number of aromatic amines is 1. The molecule has 2 aromatic rings. The smallest absolute Gasteiger partial charge is 0.257 e. The first-order chi connectivity index (χ1) is 8.61. The molecule has 0 spiro atoms. The molecule has 0 aliphatic carbocycles.